The maximum absolute atomic E-state index is 13.0. The molecule has 29 heavy (non-hydrogen) atoms. The fourth-order valence-corrected chi connectivity index (χ4v) is 5.58. The van der Waals surface area contributed by atoms with Gasteiger partial charge >= 0.3 is 0 Å². The lowest BCUT2D eigenvalue weighted by molar-refractivity contribution is -0.127. The Labute approximate surface area is 173 Å². The highest BCUT2D eigenvalue weighted by molar-refractivity contribution is 7.89. The van der Waals surface area contributed by atoms with Gasteiger partial charge in [0.2, 0.25) is 15.9 Å². The fraction of sp³-hybridized carbons (Fsp3) is 0.619. The molecule has 0 aromatic heterocycles. The van der Waals surface area contributed by atoms with Gasteiger partial charge < -0.3 is 10.2 Å². The van der Waals surface area contributed by atoms with Crippen molar-refractivity contribution < 1.29 is 18.0 Å². The molecule has 0 bridgehead atoms. The van der Waals surface area contributed by atoms with E-state index in [1.807, 2.05) is 4.90 Å². The first-order valence-corrected chi connectivity index (χ1v) is 12.0. The van der Waals surface area contributed by atoms with E-state index >= 15 is 0 Å². The second kappa shape index (κ2) is 9.71. The average molecular weight is 422 g/mol. The molecule has 0 spiro atoms. The summed E-state index contributed by atoms with van der Waals surface area (Å²) in [6, 6.07) is 6.26. The minimum atomic E-state index is -3.63. The number of rotatable bonds is 8. The molecule has 3 rings (SSSR count). The summed E-state index contributed by atoms with van der Waals surface area (Å²) in [6.45, 7) is 1.88. The van der Waals surface area contributed by atoms with Crippen LogP contribution in [0.4, 0.5) is 0 Å². The molecule has 1 saturated carbocycles. The van der Waals surface area contributed by atoms with Crippen LogP contribution in [0.1, 0.15) is 61.7 Å². The minimum Gasteiger partial charge on any atom is -0.352 e. The van der Waals surface area contributed by atoms with E-state index in [0.717, 1.165) is 45.1 Å². The van der Waals surface area contributed by atoms with Crippen molar-refractivity contribution in [2.45, 2.75) is 62.3 Å². The Hall–Kier alpha value is -1.93. The summed E-state index contributed by atoms with van der Waals surface area (Å²) in [5, 5.41) is 2.82. The summed E-state index contributed by atoms with van der Waals surface area (Å²) in [5.41, 5.74) is 0.334. The number of sulfonamides is 1. The van der Waals surface area contributed by atoms with E-state index < -0.39 is 10.0 Å². The van der Waals surface area contributed by atoms with Gasteiger partial charge in [0, 0.05) is 44.7 Å². The molecule has 1 aromatic rings. The molecule has 1 saturated heterocycles. The molecule has 2 fully saturated rings. The van der Waals surface area contributed by atoms with Gasteiger partial charge in [-0.3, -0.25) is 9.59 Å². The molecule has 0 atom stereocenters. The summed E-state index contributed by atoms with van der Waals surface area (Å²) < 4.78 is 27.5. The van der Waals surface area contributed by atoms with Crippen LogP contribution in [0.2, 0.25) is 0 Å². The Morgan fingerprint density at radius 1 is 1.21 bits per heavy atom. The maximum Gasteiger partial charge on any atom is 0.251 e. The van der Waals surface area contributed by atoms with Crippen molar-refractivity contribution in [1.82, 2.24) is 14.5 Å². The average Bonchev–Trinajstić information content (AvgIpc) is 3.15. The van der Waals surface area contributed by atoms with Crippen molar-refractivity contribution in [2.24, 2.45) is 0 Å². The van der Waals surface area contributed by atoms with E-state index in [9.17, 15) is 18.0 Å². The van der Waals surface area contributed by atoms with Crippen molar-refractivity contribution in [1.29, 1.82) is 0 Å². The van der Waals surface area contributed by atoms with Crippen molar-refractivity contribution in [3.63, 3.8) is 0 Å². The lowest BCUT2D eigenvalue weighted by Gasteiger charge is -2.30. The van der Waals surface area contributed by atoms with Crippen molar-refractivity contribution >= 4 is 21.8 Å². The molecule has 1 aliphatic heterocycles. The molecular formula is C21H31N3O4S. The van der Waals surface area contributed by atoms with Crippen LogP contribution in [-0.2, 0) is 14.8 Å². The topological polar surface area (TPSA) is 86.8 Å². The lowest BCUT2D eigenvalue weighted by atomic mass is 9.96. The van der Waals surface area contributed by atoms with E-state index in [2.05, 4.69) is 5.32 Å². The van der Waals surface area contributed by atoms with Crippen molar-refractivity contribution in [3.05, 3.63) is 29.8 Å². The van der Waals surface area contributed by atoms with E-state index in [1.165, 1.54) is 10.4 Å². The van der Waals surface area contributed by atoms with Gasteiger partial charge in [-0.25, -0.2) is 8.42 Å². The van der Waals surface area contributed by atoms with Crippen LogP contribution in [0.3, 0.4) is 0 Å². The molecular weight excluding hydrogens is 390 g/mol. The zero-order valence-electron chi connectivity index (χ0n) is 17.1. The summed E-state index contributed by atoms with van der Waals surface area (Å²) in [5.74, 6) is -0.119. The molecule has 0 unspecified atom stereocenters. The quantitative estimate of drug-likeness (QED) is 0.653. The number of nitrogens with one attached hydrogen (secondary N) is 1. The minimum absolute atomic E-state index is 0.0273. The molecule has 1 heterocycles. The molecule has 0 radical (unpaired) electrons. The highest BCUT2D eigenvalue weighted by Gasteiger charge is 2.29. The Balaban J connectivity index is 1.57. The van der Waals surface area contributed by atoms with Crippen LogP contribution in [0.15, 0.2) is 29.2 Å². The first-order valence-electron chi connectivity index (χ1n) is 10.5. The second-order valence-corrected chi connectivity index (χ2v) is 9.93. The van der Waals surface area contributed by atoms with Gasteiger partial charge in [0.15, 0.2) is 0 Å². The number of benzene rings is 1. The first kappa shape index (κ1) is 21.8. The standard InChI is InChI=1S/C21H31N3O4S/c1-23(18-9-3-2-4-10-18)29(27,28)19-11-5-8-17(16-19)21(26)22-13-7-15-24-14-6-12-20(24)25/h5,8,11,16,18H,2-4,6-7,9-10,12-15H2,1H3,(H,22,26). The van der Waals surface area contributed by atoms with Gasteiger partial charge in [0.1, 0.15) is 0 Å². The molecule has 160 valence electrons. The summed E-state index contributed by atoms with van der Waals surface area (Å²) in [4.78, 5) is 26.0. The van der Waals surface area contributed by atoms with Crippen LogP contribution in [0.25, 0.3) is 0 Å². The molecule has 8 heteroatoms. The van der Waals surface area contributed by atoms with Gasteiger partial charge in [-0.05, 0) is 43.9 Å². The van der Waals surface area contributed by atoms with Gasteiger partial charge in [0.25, 0.3) is 5.91 Å². The highest BCUT2D eigenvalue weighted by atomic mass is 32.2. The normalized spacial score (nSPS) is 18.4. The molecule has 1 aliphatic carbocycles. The summed E-state index contributed by atoms with van der Waals surface area (Å²) >= 11 is 0. The predicted molar refractivity (Wildman–Crippen MR) is 111 cm³/mol. The van der Waals surface area contributed by atoms with Crippen molar-refractivity contribution in [2.75, 3.05) is 26.7 Å². The van der Waals surface area contributed by atoms with E-state index in [-0.39, 0.29) is 22.8 Å². The van der Waals surface area contributed by atoms with Crippen LogP contribution in [-0.4, -0.2) is 62.2 Å². The number of hydrogen-bond donors (Lipinski definition) is 1. The second-order valence-electron chi connectivity index (χ2n) is 7.93. The SMILES string of the molecule is CN(C1CCCCC1)S(=O)(=O)c1cccc(C(=O)NCCCN2CCCC2=O)c1. The summed E-state index contributed by atoms with van der Waals surface area (Å²) in [6.07, 6.45) is 7.23. The predicted octanol–water partition coefficient (Wildman–Crippen LogP) is 2.38. The van der Waals surface area contributed by atoms with E-state index in [1.54, 1.807) is 25.2 Å². The van der Waals surface area contributed by atoms with Crippen LogP contribution in [0, 0.1) is 0 Å². The third-order valence-corrected chi connectivity index (χ3v) is 7.83. The van der Waals surface area contributed by atoms with Gasteiger partial charge in [-0.2, -0.15) is 4.31 Å². The molecule has 1 N–H and O–H groups in total. The Morgan fingerprint density at radius 2 is 1.97 bits per heavy atom. The highest BCUT2D eigenvalue weighted by Crippen LogP contribution is 2.26. The van der Waals surface area contributed by atoms with Gasteiger partial charge in [0.05, 0.1) is 4.90 Å². The zero-order valence-corrected chi connectivity index (χ0v) is 17.9. The molecule has 2 aliphatic rings. The van der Waals surface area contributed by atoms with E-state index in [0.29, 0.717) is 31.5 Å². The number of hydrogen-bond acceptors (Lipinski definition) is 4. The Kier molecular flexibility index (Phi) is 7.29. The zero-order chi connectivity index (χ0) is 20.9. The fourth-order valence-electron chi connectivity index (χ4n) is 4.12. The maximum atomic E-state index is 13.0. The number of carbonyl (C=O) groups is 2. The lowest BCUT2D eigenvalue weighted by Crippen LogP contribution is -2.38. The number of carbonyl (C=O) groups excluding carboxylic acids is 2. The molecule has 2 amide bonds. The third kappa shape index (κ3) is 5.36. The molecule has 1 aromatic carbocycles. The number of likely N-dealkylation sites (tertiary alicyclic amines) is 1. The largest absolute Gasteiger partial charge is 0.352 e. The Bertz CT molecular complexity index is 834. The monoisotopic (exact) mass is 421 g/mol. The van der Waals surface area contributed by atoms with Crippen LogP contribution >= 0.6 is 0 Å². The third-order valence-electron chi connectivity index (χ3n) is 5.92. The van der Waals surface area contributed by atoms with Crippen LogP contribution < -0.4 is 5.32 Å². The molecule has 7 nitrogen and oxygen atoms in total. The Morgan fingerprint density at radius 3 is 2.66 bits per heavy atom. The number of amides is 2. The number of nitrogens with zero attached hydrogens (tertiary/aromatic N) is 2. The van der Waals surface area contributed by atoms with Crippen LogP contribution in [0.5, 0.6) is 0 Å². The van der Waals surface area contributed by atoms with Gasteiger partial charge in [-0.1, -0.05) is 25.3 Å². The van der Waals surface area contributed by atoms with Gasteiger partial charge in [-0.15, -0.1) is 0 Å². The van der Waals surface area contributed by atoms with Crippen molar-refractivity contribution in [3.8, 4) is 0 Å². The summed E-state index contributed by atoms with van der Waals surface area (Å²) in [7, 11) is -1.99. The van der Waals surface area contributed by atoms with E-state index in [4.69, 9.17) is 0 Å². The smallest absolute Gasteiger partial charge is 0.251 e. The first-order chi connectivity index (χ1) is 13.9.